The molecule has 0 saturated heterocycles. The molecule has 0 radical (unpaired) electrons. The summed E-state index contributed by atoms with van der Waals surface area (Å²) in [7, 11) is 0. The Morgan fingerprint density at radius 3 is 1.71 bits per heavy atom. The summed E-state index contributed by atoms with van der Waals surface area (Å²) in [6, 6.07) is 83.8. The van der Waals surface area contributed by atoms with Crippen LogP contribution in [0.5, 0.6) is 11.5 Å². The summed E-state index contributed by atoms with van der Waals surface area (Å²) < 4.78 is 9.84. The van der Waals surface area contributed by atoms with Gasteiger partial charge in [-0.15, -0.1) is 11.3 Å². The van der Waals surface area contributed by atoms with Crippen molar-refractivity contribution in [3.05, 3.63) is 258 Å². The van der Waals surface area contributed by atoms with Crippen molar-refractivity contribution in [3.8, 4) is 44.9 Å². The first-order valence-corrected chi connectivity index (χ1v) is 24.8. The number of ether oxygens (including phenoxy) is 1. The highest BCUT2D eigenvalue weighted by atomic mass is 32.1. The molecule has 0 bridgehead atoms. The molecule has 1 aromatic heterocycles. The van der Waals surface area contributed by atoms with Gasteiger partial charge in [-0.25, -0.2) is 0 Å². The fourth-order valence-electron chi connectivity index (χ4n) is 12.6. The zero-order chi connectivity index (χ0) is 45.6. The molecule has 0 fully saturated rings. The van der Waals surface area contributed by atoms with Crippen LogP contribution >= 0.6 is 11.3 Å². The molecular formula is C66H43NOS. The van der Waals surface area contributed by atoms with Gasteiger partial charge in [-0.3, -0.25) is 0 Å². The van der Waals surface area contributed by atoms with Gasteiger partial charge in [0.25, 0.3) is 0 Å². The predicted octanol–water partition coefficient (Wildman–Crippen LogP) is 18.3. The van der Waals surface area contributed by atoms with Crippen LogP contribution in [0.2, 0.25) is 0 Å². The van der Waals surface area contributed by atoms with Gasteiger partial charge in [0.15, 0.2) is 0 Å². The lowest BCUT2D eigenvalue weighted by atomic mass is 9.65. The molecule has 15 rings (SSSR count). The number of thiophene rings is 1. The number of anilines is 3. The van der Waals surface area contributed by atoms with Gasteiger partial charge in [-0.2, -0.15) is 0 Å². The summed E-state index contributed by atoms with van der Waals surface area (Å²) in [5, 5.41) is 7.13. The van der Waals surface area contributed by atoms with Crippen LogP contribution in [0, 0.1) is 0 Å². The number of fused-ring (bicyclic) bond motifs is 19. The molecule has 0 N–H and O–H groups in total. The Labute approximate surface area is 405 Å². The van der Waals surface area contributed by atoms with Crippen molar-refractivity contribution in [2.75, 3.05) is 4.90 Å². The van der Waals surface area contributed by atoms with Gasteiger partial charge in [0.1, 0.15) is 11.5 Å². The van der Waals surface area contributed by atoms with Crippen molar-refractivity contribution in [3.63, 3.8) is 0 Å². The van der Waals surface area contributed by atoms with Gasteiger partial charge >= 0.3 is 0 Å². The number of hydrogen-bond acceptors (Lipinski definition) is 3. The van der Waals surface area contributed by atoms with E-state index in [1.54, 1.807) is 0 Å². The molecule has 1 spiro atoms. The van der Waals surface area contributed by atoms with Gasteiger partial charge in [-0.05, 0) is 115 Å². The summed E-state index contributed by atoms with van der Waals surface area (Å²) in [4.78, 5) is 2.51. The number of hydrogen-bond donors (Lipinski definition) is 0. The minimum atomic E-state index is -0.632. The van der Waals surface area contributed by atoms with E-state index in [0.717, 1.165) is 39.2 Å². The van der Waals surface area contributed by atoms with E-state index in [4.69, 9.17) is 4.74 Å². The summed E-state index contributed by atoms with van der Waals surface area (Å²) in [6.45, 7) is 4.72. The maximum absolute atomic E-state index is 7.27. The maximum atomic E-state index is 7.27. The minimum absolute atomic E-state index is 0.0882. The van der Waals surface area contributed by atoms with E-state index in [1.807, 2.05) is 11.3 Å². The molecule has 0 amide bonds. The summed E-state index contributed by atoms with van der Waals surface area (Å²) in [5.41, 5.74) is 17.8. The zero-order valence-corrected chi connectivity index (χ0v) is 38.9. The third kappa shape index (κ3) is 5.26. The van der Waals surface area contributed by atoms with Crippen LogP contribution in [0.25, 0.3) is 75.1 Å². The quantitative estimate of drug-likeness (QED) is 0.175. The summed E-state index contributed by atoms with van der Waals surface area (Å²) in [6.07, 6.45) is 0. The first-order chi connectivity index (χ1) is 34.0. The van der Waals surface area contributed by atoms with Gasteiger partial charge in [-0.1, -0.05) is 190 Å². The summed E-state index contributed by atoms with van der Waals surface area (Å²) >= 11 is 1.87. The molecular weight excluding hydrogens is 855 g/mol. The van der Waals surface area contributed by atoms with E-state index in [2.05, 4.69) is 243 Å². The Bertz CT molecular complexity index is 4090. The van der Waals surface area contributed by atoms with Crippen LogP contribution in [0.1, 0.15) is 47.2 Å². The Balaban J connectivity index is 0.969. The second kappa shape index (κ2) is 14.1. The number of nitrogens with zero attached hydrogens (tertiary/aromatic N) is 1. The third-order valence-electron chi connectivity index (χ3n) is 15.7. The fraction of sp³-hybridized carbons (Fsp3) is 0.0606. The van der Waals surface area contributed by atoms with Crippen LogP contribution in [0.4, 0.5) is 17.1 Å². The summed E-state index contributed by atoms with van der Waals surface area (Å²) in [5.74, 6) is 1.86. The average Bonchev–Trinajstić information content (AvgIpc) is 4.00. The Kier molecular flexibility index (Phi) is 7.96. The average molecular weight is 898 g/mol. The van der Waals surface area contributed by atoms with Gasteiger partial charge < -0.3 is 9.64 Å². The Morgan fingerprint density at radius 1 is 0.377 bits per heavy atom. The second-order valence-electron chi connectivity index (χ2n) is 19.5. The third-order valence-corrected chi connectivity index (χ3v) is 16.8. The molecule has 0 saturated carbocycles. The monoisotopic (exact) mass is 897 g/mol. The standard InChI is InChI=1S/C66H43NOS/c1-65(2)53-24-10-7-22-49(53)52-39-45(32-36-54(52)65)67(59-26-14-28-61-62(59)51-23-9-12-27-60(51)69-61)44-18-13-17-42(37-44)43-29-33-50-48-21-8-11-25-55(48)66(58(50)38-43)56-34-30-40-15-3-5-19-46(40)63(56)68-64-47-20-6-4-16-41(47)31-35-57(64)66/h3-39H,1-2H3. The van der Waals surface area contributed by atoms with Gasteiger partial charge in [0, 0.05) is 58.9 Å². The molecule has 12 aromatic rings. The Hall–Kier alpha value is -8.24. The normalized spacial score (nSPS) is 14.3. The van der Waals surface area contributed by atoms with E-state index in [1.165, 1.54) is 97.8 Å². The first kappa shape index (κ1) is 38.8. The minimum Gasteiger partial charge on any atom is -0.455 e. The first-order valence-electron chi connectivity index (χ1n) is 24.0. The fourth-order valence-corrected chi connectivity index (χ4v) is 13.8. The number of rotatable bonds is 4. The largest absolute Gasteiger partial charge is 0.455 e. The molecule has 3 heteroatoms. The van der Waals surface area contributed by atoms with E-state index in [9.17, 15) is 0 Å². The number of benzene rings is 11. The molecule has 3 aliphatic rings. The highest BCUT2D eigenvalue weighted by Crippen LogP contribution is 2.64. The van der Waals surface area contributed by atoms with Gasteiger partial charge in [0.05, 0.1) is 11.1 Å². The molecule has 2 nitrogen and oxygen atoms in total. The van der Waals surface area contributed by atoms with Crippen LogP contribution in [0.3, 0.4) is 0 Å². The van der Waals surface area contributed by atoms with E-state index >= 15 is 0 Å². The van der Waals surface area contributed by atoms with Crippen molar-refractivity contribution < 1.29 is 4.74 Å². The highest BCUT2D eigenvalue weighted by molar-refractivity contribution is 7.26. The van der Waals surface area contributed by atoms with Crippen LogP contribution in [-0.4, -0.2) is 0 Å². The molecule has 69 heavy (non-hydrogen) atoms. The smallest absolute Gasteiger partial charge is 0.140 e. The van der Waals surface area contributed by atoms with Crippen molar-refractivity contribution in [1.29, 1.82) is 0 Å². The molecule has 324 valence electrons. The van der Waals surface area contributed by atoms with Crippen molar-refractivity contribution in [1.82, 2.24) is 0 Å². The molecule has 0 atom stereocenters. The Morgan fingerprint density at radius 2 is 0.942 bits per heavy atom. The lowest BCUT2D eigenvalue weighted by Gasteiger charge is -2.40. The SMILES string of the molecule is CC1(C)c2ccccc2-c2cc(N(c3cccc(-c4ccc5c(c4)C4(c6ccccc6-5)c5ccc6ccccc6c5Oc5c4ccc4ccccc54)c3)c3cccc4sc5ccccc5c34)ccc21. The second-order valence-corrected chi connectivity index (χ2v) is 20.6. The predicted molar refractivity (Wildman–Crippen MR) is 289 cm³/mol. The van der Waals surface area contributed by atoms with E-state index < -0.39 is 5.41 Å². The van der Waals surface area contributed by atoms with Crippen molar-refractivity contribution >= 4 is 70.1 Å². The van der Waals surface area contributed by atoms with Crippen LogP contribution in [0.15, 0.2) is 224 Å². The van der Waals surface area contributed by atoms with E-state index in [0.29, 0.717) is 0 Å². The zero-order valence-electron chi connectivity index (χ0n) is 38.1. The molecule has 11 aromatic carbocycles. The molecule has 1 aliphatic heterocycles. The lowest BCUT2D eigenvalue weighted by Crippen LogP contribution is -2.32. The van der Waals surface area contributed by atoms with Crippen molar-refractivity contribution in [2.45, 2.75) is 24.7 Å². The lowest BCUT2D eigenvalue weighted by molar-refractivity contribution is 0.447. The maximum Gasteiger partial charge on any atom is 0.140 e. The van der Waals surface area contributed by atoms with Gasteiger partial charge in [0.2, 0.25) is 0 Å². The van der Waals surface area contributed by atoms with E-state index in [-0.39, 0.29) is 5.41 Å². The topological polar surface area (TPSA) is 12.5 Å². The van der Waals surface area contributed by atoms with Crippen LogP contribution < -0.4 is 9.64 Å². The highest BCUT2D eigenvalue weighted by Gasteiger charge is 2.52. The molecule has 2 aliphatic carbocycles. The van der Waals surface area contributed by atoms with Crippen LogP contribution in [-0.2, 0) is 10.8 Å². The molecule has 2 heterocycles. The van der Waals surface area contributed by atoms with Crippen molar-refractivity contribution in [2.24, 2.45) is 0 Å². The molecule has 0 unspecified atom stereocenters.